The maximum Gasteiger partial charge on any atom is 0.0954 e. The lowest BCUT2D eigenvalue weighted by molar-refractivity contribution is 0.131. The molecule has 0 radical (unpaired) electrons. The number of hydrogen-bond donors (Lipinski definition) is 2. The average Bonchev–Trinajstić information content (AvgIpc) is 2.25. The van der Waals surface area contributed by atoms with Crippen LogP contribution in [0.2, 0.25) is 0 Å². The second-order valence-corrected chi connectivity index (χ2v) is 2.90. The van der Waals surface area contributed by atoms with E-state index in [0.29, 0.717) is 0 Å². The number of rotatable bonds is 4. The van der Waals surface area contributed by atoms with Gasteiger partial charge in [0.05, 0.1) is 12.7 Å². The zero-order valence-corrected chi connectivity index (χ0v) is 7.88. The monoisotopic (exact) mass is 190 g/mol. The highest BCUT2D eigenvalue weighted by Gasteiger charge is 1.90. The van der Waals surface area contributed by atoms with Gasteiger partial charge in [0, 0.05) is 0 Å². The van der Waals surface area contributed by atoms with Gasteiger partial charge >= 0.3 is 0 Å². The van der Waals surface area contributed by atoms with Crippen molar-refractivity contribution < 1.29 is 10.2 Å². The van der Waals surface area contributed by atoms with Crippen LogP contribution in [0, 0.1) is 0 Å². The van der Waals surface area contributed by atoms with Crippen LogP contribution in [0.1, 0.15) is 5.56 Å². The fraction of sp³-hybridized carbons (Fsp3) is 0.167. The van der Waals surface area contributed by atoms with E-state index in [4.69, 9.17) is 10.2 Å². The van der Waals surface area contributed by atoms with Crippen LogP contribution in [-0.4, -0.2) is 22.9 Å². The van der Waals surface area contributed by atoms with Crippen LogP contribution in [-0.2, 0) is 0 Å². The molecule has 0 heterocycles. The molecule has 0 bridgehead atoms. The molecule has 0 aliphatic rings. The van der Waals surface area contributed by atoms with Crippen LogP contribution in [0.4, 0.5) is 0 Å². The maximum absolute atomic E-state index is 8.98. The molecule has 0 aliphatic heterocycles. The minimum absolute atomic E-state index is 0.240. The highest BCUT2D eigenvalue weighted by atomic mass is 16.3. The molecule has 1 rings (SSSR count). The molecular formula is C12H14O2. The van der Waals surface area contributed by atoms with Gasteiger partial charge < -0.3 is 10.2 Å². The first-order valence-corrected chi connectivity index (χ1v) is 4.52. The van der Waals surface area contributed by atoms with E-state index in [1.54, 1.807) is 12.2 Å². The minimum atomic E-state index is -0.768. The first-order chi connectivity index (χ1) is 6.83. The van der Waals surface area contributed by atoms with Gasteiger partial charge in [-0.3, -0.25) is 0 Å². The molecule has 0 aromatic heterocycles. The summed E-state index contributed by atoms with van der Waals surface area (Å²) in [7, 11) is 0. The maximum atomic E-state index is 8.98. The van der Waals surface area contributed by atoms with E-state index >= 15 is 0 Å². The lowest BCUT2D eigenvalue weighted by atomic mass is 10.2. The predicted molar refractivity (Wildman–Crippen MR) is 57.7 cm³/mol. The van der Waals surface area contributed by atoms with Gasteiger partial charge in [0.25, 0.3) is 0 Å². The molecule has 0 aliphatic carbocycles. The van der Waals surface area contributed by atoms with Gasteiger partial charge in [-0.1, -0.05) is 54.6 Å². The van der Waals surface area contributed by atoms with Crippen LogP contribution >= 0.6 is 0 Å². The third kappa shape index (κ3) is 4.03. The van der Waals surface area contributed by atoms with Gasteiger partial charge in [-0.2, -0.15) is 0 Å². The third-order valence-electron chi connectivity index (χ3n) is 1.72. The number of hydrogen-bond acceptors (Lipinski definition) is 2. The van der Waals surface area contributed by atoms with E-state index in [-0.39, 0.29) is 6.61 Å². The van der Waals surface area contributed by atoms with Crippen molar-refractivity contribution in [2.24, 2.45) is 0 Å². The summed E-state index contributed by atoms with van der Waals surface area (Å²) in [5.41, 5.74) is 1.11. The van der Waals surface area contributed by atoms with Crippen molar-refractivity contribution in [1.29, 1.82) is 0 Å². The quantitative estimate of drug-likeness (QED) is 0.708. The second-order valence-electron chi connectivity index (χ2n) is 2.90. The molecule has 1 unspecified atom stereocenters. The Morgan fingerprint density at radius 3 is 2.50 bits per heavy atom. The third-order valence-corrected chi connectivity index (χ3v) is 1.72. The summed E-state index contributed by atoms with van der Waals surface area (Å²) in [5.74, 6) is 0. The lowest BCUT2D eigenvalue weighted by Gasteiger charge is -1.95. The molecule has 0 spiro atoms. The molecule has 0 amide bonds. The number of aliphatic hydroxyl groups excluding tert-OH is 2. The predicted octanol–water partition coefficient (Wildman–Crippen LogP) is 1.61. The van der Waals surface area contributed by atoms with Crippen LogP contribution in [0.5, 0.6) is 0 Å². The molecule has 74 valence electrons. The number of aliphatic hydroxyl groups is 2. The summed E-state index contributed by atoms with van der Waals surface area (Å²) in [6.07, 6.45) is 6.25. The summed E-state index contributed by atoms with van der Waals surface area (Å²) >= 11 is 0. The van der Waals surface area contributed by atoms with Crippen LogP contribution in [0.15, 0.2) is 48.6 Å². The minimum Gasteiger partial charge on any atom is -0.393 e. The van der Waals surface area contributed by atoms with Crippen molar-refractivity contribution in [3.63, 3.8) is 0 Å². The van der Waals surface area contributed by atoms with Gasteiger partial charge in [-0.15, -0.1) is 0 Å². The first kappa shape index (κ1) is 10.7. The normalized spacial score (nSPS) is 13.9. The Hall–Kier alpha value is -1.38. The molecule has 2 heteroatoms. The van der Waals surface area contributed by atoms with Crippen LogP contribution in [0.25, 0.3) is 6.08 Å². The van der Waals surface area contributed by atoms with E-state index in [2.05, 4.69) is 0 Å². The van der Waals surface area contributed by atoms with Gasteiger partial charge in [-0.25, -0.2) is 0 Å². The molecule has 1 atom stereocenters. The largest absolute Gasteiger partial charge is 0.393 e. The Labute approximate surface area is 83.8 Å². The fourth-order valence-corrected chi connectivity index (χ4v) is 0.984. The van der Waals surface area contributed by atoms with Crippen molar-refractivity contribution in [3.8, 4) is 0 Å². The molecule has 1 aromatic carbocycles. The van der Waals surface area contributed by atoms with Crippen LogP contribution in [0.3, 0.4) is 0 Å². The molecule has 14 heavy (non-hydrogen) atoms. The smallest absolute Gasteiger partial charge is 0.0954 e. The SMILES string of the molecule is OCC(O)C=CC=Cc1ccccc1. The van der Waals surface area contributed by atoms with Crippen molar-refractivity contribution in [1.82, 2.24) is 0 Å². The van der Waals surface area contributed by atoms with E-state index in [1.165, 1.54) is 0 Å². The molecule has 0 fully saturated rings. The summed E-state index contributed by atoms with van der Waals surface area (Å²) < 4.78 is 0. The molecule has 0 saturated carbocycles. The van der Waals surface area contributed by atoms with Crippen LogP contribution < -0.4 is 0 Å². The van der Waals surface area contributed by atoms with E-state index in [9.17, 15) is 0 Å². The zero-order valence-electron chi connectivity index (χ0n) is 7.88. The summed E-state index contributed by atoms with van der Waals surface area (Å²) in [5, 5.41) is 17.5. The standard InChI is InChI=1S/C12H14O2/c13-10-12(14)9-5-4-8-11-6-2-1-3-7-11/h1-9,12-14H,10H2. The number of benzene rings is 1. The highest BCUT2D eigenvalue weighted by molar-refractivity contribution is 5.50. The van der Waals surface area contributed by atoms with Crippen molar-refractivity contribution in [2.75, 3.05) is 6.61 Å². The number of allylic oxidation sites excluding steroid dienone is 2. The van der Waals surface area contributed by atoms with E-state index in [1.807, 2.05) is 42.5 Å². The van der Waals surface area contributed by atoms with Gasteiger partial charge in [-0.05, 0) is 5.56 Å². The molecule has 0 saturated heterocycles. The molecular weight excluding hydrogens is 176 g/mol. The summed E-state index contributed by atoms with van der Waals surface area (Å²) in [4.78, 5) is 0. The van der Waals surface area contributed by atoms with E-state index < -0.39 is 6.10 Å². The molecule has 2 nitrogen and oxygen atoms in total. The van der Waals surface area contributed by atoms with Gasteiger partial charge in [0.2, 0.25) is 0 Å². The van der Waals surface area contributed by atoms with Gasteiger partial charge in [0.15, 0.2) is 0 Å². The van der Waals surface area contributed by atoms with Gasteiger partial charge in [0.1, 0.15) is 0 Å². The van der Waals surface area contributed by atoms with Crippen molar-refractivity contribution >= 4 is 6.08 Å². The molecule has 1 aromatic rings. The zero-order chi connectivity index (χ0) is 10.2. The second kappa shape index (κ2) is 6.13. The lowest BCUT2D eigenvalue weighted by Crippen LogP contribution is -2.06. The highest BCUT2D eigenvalue weighted by Crippen LogP contribution is 2.00. The fourth-order valence-electron chi connectivity index (χ4n) is 0.984. The van der Waals surface area contributed by atoms with E-state index in [0.717, 1.165) is 5.56 Å². The first-order valence-electron chi connectivity index (χ1n) is 4.52. The summed E-state index contributed by atoms with van der Waals surface area (Å²) in [6, 6.07) is 9.88. The topological polar surface area (TPSA) is 40.5 Å². The molecule has 2 N–H and O–H groups in total. The Morgan fingerprint density at radius 1 is 1.14 bits per heavy atom. The average molecular weight is 190 g/mol. The van der Waals surface area contributed by atoms with Crippen molar-refractivity contribution in [3.05, 3.63) is 54.1 Å². The Morgan fingerprint density at radius 2 is 1.86 bits per heavy atom. The Kier molecular flexibility index (Phi) is 4.69. The Bertz CT molecular complexity index is 301. The summed E-state index contributed by atoms with van der Waals surface area (Å²) in [6.45, 7) is -0.240. The van der Waals surface area contributed by atoms with Crippen molar-refractivity contribution in [2.45, 2.75) is 6.10 Å². The Balaban J connectivity index is 2.45.